The molecule has 2 aliphatic heterocycles. The van der Waals surface area contributed by atoms with Gasteiger partial charge < -0.3 is 19.4 Å². The van der Waals surface area contributed by atoms with Crippen molar-refractivity contribution in [3.63, 3.8) is 0 Å². The first-order valence-electron chi connectivity index (χ1n) is 14.8. The van der Waals surface area contributed by atoms with Crippen molar-refractivity contribution in [2.75, 3.05) is 13.7 Å². The molecule has 6 heteroatoms. The Morgan fingerprint density at radius 3 is 2.70 bits per heavy atom. The number of likely N-dealkylation sites (tertiary alicyclic amines) is 1. The highest BCUT2D eigenvalue weighted by Gasteiger charge is 2.37. The number of carbonyl (C=O) groups excluding carboxylic acids is 1. The number of aryl methyl sites for hydroxylation is 1. The maximum atomic E-state index is 11.8. The molecule has 3 aromatic rings. The van der Waals surface area contributed by atoms with Crippen molar-refractivity contribution in [2.45, 2.75) is 77.0 Å². The Balaban J connectivity index is 1.30. The minimum atomic E-state index is -0.972. The third kappa shape index (κ3) is 5.46. The van der Waals surface area contributed by atoms with Crippen LogP contribution in [0.3, 0.4) is 0 Å². The quantitative estimate of drug-likeness (QED) is 0.348. The van der Waals surface area contributed by atoms with Crippen LogP contribution in [0.4, 0.5) is 0 Å². The zero-order valence-electron chi connectivity index (χ0n) is 23.8. The number of nitrogens with zero attached hydrogens (tertiary/aromatic N) is 2. The fourth-order valence-electron chi connectivity index (χ4n) is 6.76. The number of pyridine rings is 1. The number of aromatic nitrogens is 1. The van der Waals surface area contributed by atoms with Gasteiger partial charge in [0.2, 0.25) is 5.88 Å². The predicted molar refractivity (Wildman–Crippen MR) is 153 cm³/mol. The van der Waals surface area contributed by atoms with Crippen LogP contribution in [-0.4, -0.2) is 35.5 Å². The van der Waals surface area contributed by atoms with Gasteiger partial charge in [-0.15, -0.1) is 0 Å². The molecular formula is C34H39N2O4-. The summed E-state index contributed by atoms with van der Waals surface area (Å²) >= 11 is 0. The standard InChI is InChI=1S/C34H40N2O4/c1-21-5-4-16-36(21)20-28-17-26(10-12-29(28)25-14-15-35-32(19-25)39-3)30-13-11-23-6-9-27(18-31(23)40-30)33(24-7-8-24)22(2)34(37)38/h6,9-10,12,14-15,17-19,21-22,24,30,33H,4-5,7-8,11,13,16,20H2,1-3H3,(H,37,38)/p-1/t21-,22-,30?,33-/m0/s1. The van der Waals surface area contributed by atoms with E-state index >= 15 is 0 Å². The van der Waals surface area contributed by atoms with E-state index in [2.05, 4.69) is 53.2 Å². The summed E-state index contributed by atoms with van der Waals surface area (Å²) < 4.78 is 12.1. The second-order valence-electron chi connectivity index (χ2n) is 11.9. The van der Waals surface area contributed by atoms with Gasteiger partial charge in [-0.2, -0.15) is 0 Å². The molecule has 0 amide bonds. The van der Waals surface area contributed by atoms with Crippen molar-refractivity contribution in [3.05, 3.63) is 77.0 Å². The molecule has 1 saturated heterocycles. The highest BCUT2D eigenvalue weighted by atomic mass is 16.5. The van der Waals surface area contributed by atoms with Gasteiger partial charge in [-0.25, -0.2) is 4.98 Å². The van der Waals surface area contributed by atoms with Crippen LogP contribution in [0.2, 0.25) is 0 Å². The van der Waals surface area contributed by atoms with Crippen molar-refractivity contribution in [3.8, 4) is 22.8 Å². The van der Waals surface area contributed by atoms with Crippen LogP contribution in [-0.2, 0) is 17.8 Å². The zero-order chi connectivity index (χ0) is 27.8. The van der Waals surface area contributed by atoms with E-state index in [1.807, 2.05) is 12.1 Å². The molecule has 0 N–H and O–H groups in total. The first kappa shape index (κ1) is 26.8. The molecule has 1 saturated carbocycles. The summed E-state index contributed by atoms with van der Waals surface area (Å²) in [5.41, 5.74) is 7.04. The van der Waals surface area contributed by atoms with Crippen LogP contribution in [0.5, 0.6) is 11.6 Å². The summed E-state index contributed by atoms with van der Waals surface area (Å²) in [7, 11) is 1.65. The smallest absolute Gasteiger partial charge is 0.213 e. The van der Waals surface area contributed by atoms with Crippen molar-refractivity contribution in [1.82, 2.24) is 9.88 Å². The van der Waals surface area contributed by atoms with Crippen LogP contribution in [0.1, 0.15) is 80.2 Å². The largest absolute Gasteiger partial charge is 0.550 e. The molecule has 6 rings (SSSR count). The molecule has 1 unspecified atom stereocenters. The van der Waals surface area contributed by atoms with E-state index in [1.165, 1.54) is 35.1 Å². The molecule has 2 aromatic carbocycles. The second-order valence-corrected chi connectivity index (χ2v) is 11.9. The van der Waals surface area contributed by atoms with Gasteiger partial charge in [0.05, 0.1) is 7.11 Å². The minimum Gasteiger partial charge on any atom is -0.550 e. The number of hydrogen-bond acceptors (Lipinski definition) is 6. The molecule has 3 heterocycles. The summed E-state index contributed by atoms with van der Waals surface area (Å²) in [4.78, 5) is 18.6. The Kier molecular flexibility index (Phi) is 7.54. The number of carboxylic acids is 1. The third-order valence-corrected chi connectivity index (χ3v) is 9.28. The van der Waals surface area contributed by atoms with E-state index in [4.69, 9.17) is 9.47 Å². The highest BCUT2D eigenvalue weighted by molar-refractivity contribution is 5.69. The molecule has 40 heavy (non-hydrogen) atoms. The summed E-state index contributed by atoms with van der Waals surface area (Å²) in [6, 6.07) is 17.7. The molecule has 6 nitrogen and oxygen atoms in total. The molecule has 0 bridgehead atoms. The number of fused-ring (bicyclic) bond motifs is 1. The number of methoxy groups -OCH3 is 1. The number of benzene rings is 2. The number of ether oxygens (including phenoxy) is 2. The molecule has 1 aliphatic carbocycles. The van der Waals surface area contributed by atoms with Gasteiger partial charge >= 0.3 is 0 Å². The fraction of sp³-hybridized carbons (Fsp3) is 0.471. The van der Waals surface area contributed by atoms with Gasteiger partial charge in [0.25, 0.3) is 0 Å². The third-order valence-electron chi connectivity index (χ3n) is 9.28. The van der Waals surface area contributed by atoms with Crippen LogP contribution in [0.15, 0.2) is 54.7 Å². The van der Waals surface area contributed by atoms with Gasteiger partial charge in [-0.05, 0) is 109 Å². The van der Waals surface area contributed by atoms with Gasteiger partial charge in [-0.3, -0.25) is 4.90 Å². The van der Waals surface area contributed by atoms with Gasteiger partial charge in [0, 0.05) is 36.7 Å². The summed E-state index contributed by atoms with van der Waals surface area (Å²) in [6.45, 7) is 6.12. The Morgan fingerprint density at radius 2 is 1.98 bits per heavy atom. The Labute approximate surface area is 237 Å². The number of rotatable bonds is 9. The summed E-state index contributed by atoms with van der Waals surface area (Å²) in [5.74, 6) is 0.412. The van der Waals surface area contributed by atoms with E-state index in [1.54, 1.807) is 20.2 Å². The lowest BCUT2D eigenvalue weighted by molar-refractivity contribution is -0.311. The van der Waals surface area contributed by atoms with Crippen molar-refractivity contribution < 1.29 is 19.4 Å². The lowest BCUT2D eigenvalue weighted by Gasteiger charge is -2.30. The van der Waals surface area contributed by atoms with Gasteiger partial charge in [-0.1, -0.05) is 37.3 Å². The minimum absolute atomic E-state index is 0.0232. The number of carboxylic acid groups (broad SMARTS) is 1. The Morgan fingerprint density at radius 1 is 1.12 bits per heavy atom. The molecule has 0 radical (unpaired) electrons. The van der Waals surface area contributed by atoms with E-state index in [0.29, 0.717) is 17.8 Å². The van der Waals surface area contributed by atoms with Crippen molar-refractivity contribution >= 4 is 5.97 Å². The average molecular weight is 540 g/mol. The molecule has 4 atom stereocenters. The van der Waals surface area contributed by atoms with Crippen LogP contribution < -0.4 is 14.6 Å². The van der Waals surface area contributed by atoms with Crippen molar-refractivity contribution in [1.29, 1.82) is 0 Å². The maximum Gasteiger partial charge on any atom is 0.213 e. The first-order valence-corrected chi connectivity index (χ1v) is 14.8. The summed E-state index contributed by atoms with van der Waals surface area (Å²) in [5, 5.41) is 11.8. The molecule has 3 aliphatic rings. The monoisotopic (exact) mass is 539 g/mol. The van der Waals surface area contributed by atoms with Crippen LogP contribution >= 0.6 is 0 Å². The molecule has 2 fully saturated rings. The van der Waals surface area contributed by atoms with Crippen LogP contribution in [0.25, 0.3) is 11.1 Å². The van der Waals surface area contributed by atoms with E-state index in [0.717, 1.165) is 55.6 Å². The fourth-order valence-corrected chi connectivity index (χ4v) is 6.76. The SMILES string of the molecule is COc1cc(-c2ccc(C3CCc4ccc([C@H](C5CC5)[C@H](C)C(=O)[O-])cc4O3)cc2CN2CCC[C@@H]2C)ccn1. The van der Waals surface area contributed by atoms with E-state index < -0.39 is 11.9 Å². The van der Waals surface area contributed by atoms with Gasteiger partial charge in [0.15, 0.2) is 0 Å². The molecule has 1 aromatic heterocycles. The lowest BCUT2D eigenvalue weighted by Crippen LogP contribution is -2.34. The van der Waals surface area contributed by atoms with Gasteiger partial charge in [0.1, 0.15) is 11.9 Å². The zero-order valence-corrected chi connectivity index (χ0v) is 23.8. The highest BCUT2D eigenvalue weighted by Crippen LogP contribution is 2.48. The second kappa shape index (κ2) is 11.2. The lowest BCUT2D eigenvalue weighted by atomic mass is 9.82. The summed E-state index contributed by atoms with van der Waals surface area (Å²) in [6.07, 6.45) is 8.25. The normalized spacial score (nSPS) is 22.3. The first-order chi connectivity index (χ1) is 19.4. The Hall–Kier alpha value is -3.38. The molecule has 0 spiro atoms. The number of hydrogen-bond donors (Lipinski definition) is 0. The molecule has 210 valence electrons. The van der Waals surface area contributed by atoms with E-state index in [-0.39, 0.29) is 12.0 Å². The predicted octanol–water partition coefficient (Wildman–Crippen LogP) is 5.69. The average Bonchev–Trinajstić information content (AvgIpc) is 3.73. The Bertz CT molecular complexity index is 1380. The molecular weight excluding hydrogens is 500 g/mol. The van der Waals surface area contributed by atoms with Crippen molar-refractivity contribution in [2.24, 2.45) is 11.8 Å². The number of aliphatic carboxylic acids is 1. The van der Waals surface area contributed by atoms with E-state index in [9.17, 15) is 9.90 Å². The van der Waals surface area contributed by atoms with Crippen LogP contribution in [0, 0.1) is 11.8 Å². The number of carbonyl (C=O) groups is 1. The maximum absolute atomic E-state index is 11.8. The topological polar surface area (TPSA) is 74.7 Å².